The highest BCUT2D eigenvalue weighted by Crippen LogP contribution is 2.15. The molecular formula is C16H22N2O3. The summed E-state index contributed by atoms with van der Waals surface area (Å²) in [5.41, 5.74) is 1.20. The van der Waals surface area contributed by atoms with Gasteiger partial charge >= 0.3 is 5.97 Å². The molecule has 0 radical (unpaired) electrons. The minimum absolute atomic E-state index is 0.0379. The van der Waals surface area contributed by atoms with Crippen LogP contribution in [0.3, 0.4) is 0 Å². The van der Waals surface area contributed by atoms with Gasteiger partial charge in [-0.2, -0.15) is 0 Å². The molecule has 1 saturated heterocycles. The monoisotopic (exact) mass is 290 g/mol. The van der Waals surface area contributed by atoms with E-state index in [0.717, 1.165) is 24.9 Å². The fourth-order valence-corrected chi connectivity index (χ4v) is 2.62. The van der Waals surface area contributed by atoms with Crippen LogP contribution in [0.15, 0.2) is 24.3 Å². The normalized spacial score (nSPS) is 21.8. The van der Waals surface area contributed by atoms with E-state index in [2.05, 4.69) is 17.6 Å². The third-order valence-corrected chi connectivity index (χ3v) is 3.87. The van der Waals surface area contributed by atoms with Gasteiger partial charge in [0.15, 0.2) is 0 Å². The molecule has 0 saturated carbocycles. The zero-order valence-electron chi connectivity index (χ0n) is 12.3. The van der Waals surface area contributed by atoms with Gasteiger partial charge in [0.05, 0.1) is 11.6 Å². The van der Waals surface area contributed by atoms with Crippen LogP contribution in [-0.2, 0) is 11.2 Å². The lowest BCUT2D eigenvalue weighted by molar-refractivity contribution is -0.124. The van der Waals surface area contributed by atoms with Gasteiger partial charge in [0.2, 0.25) is 5.91 Å². The Balaban J connectivity index is 1.79. The van der Waals surface area contributed by atoms with Crippen molar-refractivity contribution in [2.24, 2.45) is 5.92 Å². The number of hydrogen-bond donors (Lipinski definition) is 3. The fourth-order valence-electron chi connectivity index (χ4n) is 2.62. The summed E-state index contributed by atoms with van der Waals surface area (Å²) in [6, 6.07) is 6.72. The number of piperidine rings is 1. The average molecular weight is 290 g/mol. The number of carboxylic acid groups (broad SMARTS) is 1. The van der Waals surface area contributed by atoms with Crippen molar-refractivity contribution >= 4 is 11.9 Å². The lowest BCUT2D eigenvalue weighted by Gasteiger charge is -2.27. The van der Waals surface area contributed by atoms with Crippen LogP contribution in [0, 0.1) is 5.92 Å². The summed E-state index contributed by atoms with van der Waals surface area (Å²) >= 11 is 0. The van der Waals surface area contributed by atoms with E-state index >= 15 is 0 Å². The van der Waals surface area contributed by atoms with Crippen molar-refractivity contribution < 1.29 is 14.7 Å². The molecule has 1 aromatic rings. The summed E-state index contributed by atoms with van der Waals surface area (Å²) in [6.07, 6.45) is 2.63. The highest BCUT2D eigenvalue weighted by Gasteiger charge is 2.23. The largest absolute Gasteiger partial charge is 0.478 e. The Morgan fingerprint density at radius 1 is 1.43 bits per heavy atom. The van der Waals surface area contributed by atoms with Gasteiger partial charge in [0, 0.05) is 6.54 Å². The number of aromatic carboxylic acids is 1. The third-order valence-electron chi connectivity index (χ3n) is 3.87. The molecular weight excluding hydrogens is 268 g/mol. The van der Waals surface area contributed by atoms with E-state index in [4.69, 9.17) is 5.11 Å². The molecule has 3 N–H and O–H groups in total. The first-order chi connectivity index (χ1) is 10.1. The molecule has 2 atom stereocenters. The quantitative estimate of drug-likeness (QED) is 0.766. The molecule has 0 spiro atoms. The Labute approximate surface area is 124 Å². The second-order valence-electron chi connectivity index (χ2n) is 5.68. The summed E-state index contributed by atoms with van der Waals surface area (Å²) in [4.78, 5) is 22.9. The Morgan fingerprint density at radius 3 is 2.95 bits per heavy atom. The molecule has 21 heavy (non-hydrogen) atoms. The lowest BCUT2D eigenvalue weighted by Crippen LogP contribution is -2.48. The first-order valence-corrected chi connectivity index (χ1v) is 7.39. The molecule has 1 aliphatic heterocycles. The first kappa shape index (κ1) is 15.5. The Kier molecular flexibility index (Phi) is 5.33. The number of nitrogens with one attached hydrogen (secondary N) is 2. The fraction of sp³-hybridized carbons (Fsp3) is 0.500. The molecule has 5 heteroatoms. The van der Waals surface area contributed by atoms with Crippen molar-refractivity contribution in [3.63, 3.8) is 0 Å². The molecule has 114 valence electrons. The van der Waals surface area contributed by atoms with Crippen LogP contribution >= 0.6 is 0 Å². The van der Waals surface area contributed by atoms with Crippen molar-refractivity contribution in [1.82, 2.24) is 10.6 Å². The lowest BCUT2D eigenvalue weighted by atomic mass is 9.94. The topological polar surface area (TPSA) is 78.4 Å². The maximum atomic E-state index is 12.0. The summed E-state index contributed by atoms with van der Waals surface area (Å²) in [7, 11) is 0. The van der Waals surface area contributed by atoms with Gasteiger partial charge in [-0.15, -0.1) is 0 Å². The highest BCUT2D eigenvalue weighted by molar-refractivity contribution is 5.87. The van der Waals surface area contributed by atoms with E-state index in [9.17, 15) is 9.59 Å². The third kappa shape index (κ3) is 4.56. The van der Waals surface area contributed by atoms with Gasteiger partial charge in [-0.05, 0) is 49.4 Å². The predicted octanol–water partition coefficient (Wildman–Crippen LogP) is 1.43. The summed E-state index contributed by atoms with van der Waals surface area (Å²) < 4.78 is 0. The molecule has 1 aliphatic rings. The summed E-state index contributed by atoms with van der Waals surface area (Å²) in [5, 5.41) is 15.1. The number of amides is 1. The van der Waals surface area contributed by atoms with E-state index in [-0.39, 0.29) is 17.5 Å². The number of carbonyl (C=O) groups excluding carboxylic acids is 1. The molecule has 2 unspecified atom stereocenters. The number of carbonyl (C=O) groups is 2. The predicted molar refractivity (Wildman–Crippen MR) is 80.3 cm³/mol. The van der Waals surface area contributed by atoms with E-state index in [1.807, 2.05) is 6.07 Å². The van der Waals surface area contributed by atoms with Gasteiger partial charge < -0.3 is 15.7 Å². The van der Waals surface area contributed by atoms with Gasteiger partial charge in [-0.25, -0.2) is 4.79 Å². The van der Waals surface area contributed by atoms with Crippen LogP contribution in [0.5, 0.6) is 0 Å². The van der Waals surface area contributed by atoms with Crippen LogP contribution in [0.25, 0.3) is 0 Å². The molecule has 1 heterocycles. The minimum atomic E-state index is -0.929. The summed E-state index contributed by atoms with van der Waals surface area (Å²) in [5.74, 6) is -0.313. The van der Waals surface area contributed by atoms with Crippen molar-refractivity contribution in [2.45, 2.75) is 32.2 Å². The van der Waals surface area contributed by atoms with Crippen LogP contribution in [-0.4, -0.2) is 36.1 Å². The second kappa shape index (κ2) is 7.22. The molecule has 0 bridgehead atoms. The van der Waals surface area contributed by atoms with E-state index in [1.54, 1.807) is 18.2 Å². The zero-order valence-corrected chi connectivity index (χ0v) is 12.3. The Morgan fingerprint density at radius 2 is 2.24 bits per heavy atom. The molecule has 1 fully saturated rings. The van der Waals surface area contributed by atoms with Gasteiger partial charge in [-0.3, -0.25) is 4.79 Å². The van der Waals surface area contributed by atoms with Crippen LogP contribution < -0.4 is 10.6 Å². The Bertz CT molecular complexity index is 516. The standard InChI is InChI=1S/C16H22N2O3/c1-11-5-7-17-14(9-11)15(19)18-8-6-12-3-2-4-13(10-12)16(20)21/h2-4,10-11,14,17H,5-9H2,1H3,(H,18,19)(H,20,21). The SMILES string of the molecule is CC1CCNC(C(=O)NCCc2cccc(C(=O)O)c2)C1. The second-order valence-corrected chi connectivity index (χ2v) is 5.68. The molecule has 0 aromatic heterocycles. The average Bonchev–Trinajstić information content (AvgIpc) is 2.47. The number of rotatable bonds is 5. The highest BCUT2D eigenvalue weighted by atomic mass is 16.4. The van der Waals surface area contributed by atoms with Gasteiger partial charge in [0.25, 0.3) is 0 Å². The first-order valence-electron chi connectivity index (χ1n) is 7.39. The zero-order chi connectivity index (χ0) is 15.2. The summed E-state index contributed by atoms with van der Waals surface area (Å²) in [6.45, 7) is 3.58. The Hall–Kier alpha value is -1.88. The molecule has 5 nitrogen and oxygen atoms in total. The van der Waals surface area contributed by atoms with Gasteiger partial charge in [-0.1, -0.05) is 19.1 Å². The van der Waals surface area contributed by atoms with Crippen molar-refractivity contribution in [2.75, 3.05) is 13.1 Å². The van der Waals surface area contributed by atoms with Crippen LogP contribution in [0.1, 0.15) is 35.7 Å². The van der Waals surface area contributed by atoms with Crippen LogP contribution in [0.4, 0.5) is 0 Å². The number of hydrogen-bond acceptors (Lipinski definition) is 3. The van der Waals surface area contributed by atoms with Crippen LogP contribution in [0.2, 0.25) is 0 Å². The molecule has 1 aromatic carbocycles. The van der Waals surface area contributed by atoms with Crippen molar-refractivity contribution in [3.8, 4) is 0 Å². The van der Waals surface area contributed by atoms with E-state index in [0.29, 0.717) is 18.9 Å². The van der Waals surface area contributed by atoms with Crippen molar-refractivity contribution in [3.05, 3.63) is 35.4 Å². The van der Waals surface area contributed by atoms with E-state index < -0.39 is 5.97 Å². The smallest absolute Gasteiger partial charge is 0.335 e. The molecule has 0 aliphatic carbocycles. The number of benzene rings is 1. The van der Waals surface area contributed by atoms with Gasteiger partial charge in [0.1, 0.15) is 0 Å². The maximum absolute atomic E-state index is 12.0. The molecule has 1 amide bonds. The van der Waals surface area contributed by atoms with Crippen molar-refractivity contribution in [1.29, 1.82) is 0 Å². The van der Waals surface area contributed by atoms with E-state index in [1.165, 1.54) is 0 Å². The minimum Gasteiger partial charge on any atom is -0.478 e. The number of carboxylic acids is 1. The molecule has 2 rings (SSSR count). The maximum Gasteiger partial charge on any atom is 0.335 e.